The first-order chi connectivity index (χ1) is 19.7. The van der Waals surface area contributed by atoms with Crippen molar-refractivity contribution >= 4 is 57.6 Å². The lowest BCUT2D eigenvalue weighted by atomic mass is 9.87. The predicted molar refractivity (Wildman–Crippen MR) is 157 cm³/mol. The van der Waals surface area contributed by atoms with Gasteiger partial charge in [-0.15, -0.1) is 0 Å². The third kappa shape index (κ3) is 6.70. The molecule has 3 N–H and O–H groups in total. The van der Waals surface area contributed by atoms with E-state index in [0.717, 1.165) is 10.9 Å². The molecule has 11 heteroatoms. The van der Waals surface area contributed by atoms with E-state index in [1.54, 1.807) is 30.3 Å². The van der Waals surface area contributed by atoms with Crippen LogP contribution in [0, 0.1) is 5.92 Å². The number of nitrogens with zero attached hydrogens (tertiary/aromatic N) is 1. The van der Waals surface area contributed by atoms with Crippen LogP contribution in [0.25, 0.3) is 10.9 Å². The topological polar surface area (TPSA) is 121 Å². The number of fused-ring (bicyclic) bond motifs is 1. The number of carboxylic acid groups (broad SMARTS) is 1. The van der Waals surface area contributed by atoms with Gasteiger partial charge < -0.3 is 29.8 Å². The number of nitrogens with one attached hydrogen (secondary N) is 2. The minimum Gasteiger partial charge on any atom is -0.481 e. The van der Waals surface area contributed by atoms with Gasteiger partial charge in [0.2, 0.25) is 5.91 Å². The van der Waals surface area contributed by atoms with E-state index in [9.17, 15) is 19.5 Å². The van der Waals surface area contributed by atoms with Crippen molar-refractivity contribution < 1.29 is 29.0 Å². The molecular weight excluding hydrogens is 569 g/mol. The summed E-state index contributed by atoms with van der Waals surface area (Å²) in [6, 6.07) is 10.5. The van der Waals surface area contributed by atoms with E-state index in [1.165, 1.54) is 0 Å². The Morgan fingerprint density at radius 3 is 2.56 bits per heavy atom. The second-order valence-corrected chi connectivity index (χ2v) is 11.6. The maximum atomic E-state index is 13.4. The van der Waals surface area contributed by atoms with E-state index < -0.39 is 5.97 Å². The van der Waals surface area contributed by atoms with Gasteiger partial charge in [0.15, 0.2) is 0 Å². The monoisotopic (exact) mass is 601 g/mol. The molecule has 1 aromatic heterocycles. The number of H-pyrrole nitrogens is 1. The van der Waals surface area contributed by atoms with E-state index in [2.05, 4.69) is 10.3 Å². The number of rotatable bonds is 9. The Morgan fingerprint density at radius 2 is 1.83 bits per heavy atom. The molecule has 1 saturated carbocycles. The van der Waals surface area contributed by atoms with Crippen LogP contribution in [0.5, 0.6) is 0 Å². The number of carbonyl (C=O) groups is 3. The maximum Gasteiger partial charge on any atom is 0.306 e. The number of carboxylic acids is 1. The lowest BCUT2D eigenvalue weighted by Crippen LogP contribution is -2.40. The largest absolute Gasteiger partial charge is 0.481 e. The molecule has 2 heterocycles. The standard InChI is InChI=1S/C30H33Cl2N3O6/c1-40-21-12-19(16-41-20-8-6-17(7-9-20)30(38)39)35(15-21)28(36)11-18-10-25(32)27(13-24(18)31)34-29(37)23-14-33-26-5-3-2-4-22(23)26/h2-5,10,13-14,17,19-21,33H,6-9,11-12,15-16H2,1H3,(H,34,37)(H,38,39)/t17?,19-,20?,21-/m0/s1. The van der Waals surface area contributed by atoms with E-state index in [4.69, 9.17) is 32.7 Å². The quantitative estimate of drug-likeness (QED) is 0.296. The summed E-state index contributed by atoms with van der Waals surface area (Å²) in [6.07, 6.45) is 4.82. The summed E-state index contributed by atoms with van der Waals surface area (Å²) < 4.78 is 11.7. The molecule has 1 aliphatic carbocycles. The Kier molecular flexibility index (Phi) is 9.19. The smallest absolute Gasteiger partial charge is 0.306 e. The zero-order valence-corrected chi connectivity index (χ0v) is 24.2. The molecule has 2 amide bonds. The lowest BCUT2D eigenvalue weighted by Gasteiger charge is -2.30. The molecule has 41 heavy (non-hydrogen) atoms. The maximum absolute atomic E-state index is 13.4. The lowest BCUT2D eigenvalue weighted by molar-refractivity contribution is -0.144. The molecule has 0 bridgehead atoms. The Bertz CT molecular complexity index is 1430. The fraction of sp³-hybridized carbons (Fsp3) is 0.433. The third-order valence-corrected chi connectivity index (χ3v) is 8.80. The molecule has 9 nitrogen and oxygen atoms in total. The van der Waals surface area contributed by atoms with E-state index in [0.29, 0.717) is 67.1 Å². The van der Waals surface area contributed by atoms with E-state index >= 15 is 0 Å². The van der Waals surface area contributed by atoms with E-state index in [1.807, 2.05) is 24.3 Å². The number of amides is 2. The third-order valence-electron chi connectivity index (χ3n) is 8.14. The summed E-state index contributed by atoms with van der Waals surface area (Å²) in [5, 5.41) is 13.4. The second kappa shape index (κ2) is 12.8. The Hall–Kier alpha value is -3.11. The van der Waals surface area contributed by atoms with Crippen molar-refractivity contribution in [3.63, 3.8) is 0 Å². The van der Waals surface area contributed by atoms with Crippen LogP contribution in [0.2, 0.25) is 10.0 Å². The van der Waals surface area contributed by atoms with Gasteiger partial charge in [0.25, 0.3) is 5.91 Å². The molecule has 2 aliphatic rings. The first-order valence-electron chi connectivity index (χ1n) is 13.8. The molecule has 1 aliphatic heterocycles. The number of anilines is 1. The van der Waals surface area contributed by atoms with Crippen LogP contribution in [0.4, 0.5) is 5.69 Å². The van der Waals surface area contributed by atoms with Gasteiger partial charge >= 0.3 is 5.97 Å². The number of aromatic nitrogens is 1. The first kappa shape index (κ1) is 29.4. The van der Waals surface area contributed by atoms with E-state index in [-0.39, 0.29) is 47.4 Å². The summed E-state index contributed by atoms with van der Waals surface area (Å²) >= 11 is 13.1. The van der Waals surface area contributed by atoms with Crippen molar-refractivity contribution in [2.75, 3.05) is 25.6 Å². The van der Waals surface area contributed by atoms with Crippen LogP contribution in [0.1, 0.15) is 48.0 Å². The molecule has 3 aromatic rings. The predicted octanol–water partition coefficient (Wildman–Crippen LogP) is 5.55. The fourth-order valence-electron chi connectivity index (χ4n) is 5.76. The van der Waals surface area contributed by atoms with Crippen molar-refractivity contribution in [1.82, 2.24) is 9.88 Å². The van der Waals surface area contributed by atoms with Crippen molar-refractivity contribution in [3.8, 4) is 0 Å². The van der Waals surface area contributed by atoms with Crippen LogP contribution in [-0.4, -0.2) is 71.3 Å². The number of aliphatic carboxylic acids is 1. The highest BCUT2D eigenvalue weighted by Gasteiger charge is 2.36. The summed E-state index contributed by atoms with van der Waals surface area (Å²) in [4.78, 5) is 42.5. The van der Waals surface area contributed by atoms with Crippen molar-refractivity contribution in [3.05, 3.63) is 63.8 Å². The van der Waals surface area contributed by atoms with Gasteiger partial charge in [-0.05, 0) is 55.9 Å². The summed E-state index contributed by atoms with van der Waals surface area (Å²) in [5.41, 5.74) is 2.24. The van der Waals surface area contributed by atoms with Gasteiger partial charge in [0.1, 0.15) is 0 Å². The van der Waals surface area contributed by atoms with Gasteiger partial charge in [-0.1, -0.05) is 41.4 Å². The number of methoxy groups -OCH3 is 1. The molecule has 2 fully saturated rings. The number of para-hydroxylation sites is 1. The normalized spacial score (nSPS) is 22.7. The van der Waals surface area contributed by atoms with Crippen LogP contribution < -0.4 is 5.32 Å². The summed E-state index contributed by atoms with van der Waals surface area (Å²) in [5.74, 6) is -1.50. The van der Waals surface area contributed by atoms with Crippen LogP contribution >= 0.6 is 23.2 Å². The SMILES string of the molecule is CO[C@H]1C[C@@H](COC2CCC(C(=O)O)CC2)N(C(=O)Cc2cc(Cl)c(NC(=O)c3c[nH]c4ccccc34)cc2Cl)C1. The zero-order valence-electron chi connectivity index (χ0n) is 22.7. The highest BCUT2D eigenvalue weighted by Crippen LogP contribution is 2.32. The van der Waals surface area contributed by atoms with Crippen LogP contribution in [-0.2, 0) is 25.5 Å². The van der Waals surface area contributed by atoms with Gasteiger partial charge in [0.05, 0.1) is 53.5 Å². The minimum atomic E-state index is -0.748. The van der Waals surface area contributed by atoms with Crippen molar-refractivity contribution in [2.24, 2.45) is 5.92 Å². The van der Waals surface area contributed by atoms with Gasteiger partial charge in [-0.25, -0.2) is 0 Å². The number of benzene rings is 2. The average molecular weight is 603 g/mol. The molecule has 218 valence electrons. The van der Waals surface area contributed by atoms with Crippen molar-refractivity contribution in [2.45, 2.75) is 56.8 Å². The van der Waals surface area contributed by atoms with Gasteiger partial charge in [0, 0.05) is 35.8 Å². The van der Waals surface area contributed by atoms with Crippen molar-refractivity contribution in [1.29, 1.82) is 0 Å². The Balaban J connectivity index is 1.22. The molecule has 0 spiro atoms. The number of halogens is 2. The van der Waals surface area contributed by atoms with Crippen LogP contribution in [0.15, 0.2) is 42.6 Å². The molecule has 0 radical (unpaired) electrons. The molecule has 2 aromatic carbocycles. The van der Waals surface area contributed by atoms with Crippen LogP contribution in [0.3, 0.4) is 0 Å². The fourth-order valence-corrected chi connectivity index (χ4v) is 6.23. The molecule has 5 rings (SSSR count). The summed E-state index contributed by atoms with van der Waals surface area (Å²) in [6.45, 7) is 0.806. The number of hydrogen-bond acceptors (Lipinski definition) is 5. The number of aromatic amines is 1. The average Bonchev–Trinajstić information content (AvgIpc) is 3.59. The second-order valence-electron chi connectivity index (χ2n) is 10.7. The first-order valence-corrected chi connectivity index (χ1v) is 14.5. The highest BCUT2D eigenvalue weighted by molar-refractivity contribution is 6.36. The number of ether oxygens (including phenoxy) is 2. The summed E-state index contributed by atoms with van der Waals surface area (Å²) in [7, 11) is 1.63. The van der Waals surface area contributed by atoms with Gasteiger partial charge in [-0.2, -0.15) is 0 Å². The Morgan fingerprint density at radius 1 is 1.07 bits per heavy atom. The number of likely N-dealkylation sites (tertiary alicyclic amines) is 1. The zero-order chi connectivity index (χ0) is 29.1. The number of hydrogen-bond donors (Lipinski definition) is 3. The molecule has 1 saturated heterocycles. The molecule has 0 unspecified atom stereocenters. The Labute approximate surface area is 248 Å². The number of carbonyl (C=O) groups excluding carboxylic acids is 2. The minimum absolute atomic E-state index is 0.00981. The highest BCUT2D eigenvalue weighted by atomic mass is 35.5. The van der Waals surface area contributed by atoms with Gasteiger partial charge in [-0.3, -0.25) is 14.4 Å². The molecular formula is C30H33Cl2N3O6. The molecule has 2 atom stereocenters.